The molecule has 0 radical (unpaired) electrons. The van der Waals surface area contributed by atoms with Gasteiger partial charge in [-0.15, -0.1) is 0 Å². The van der Waals surface area contributed by atoms with Gasteiger partial charge in [-0.05, 0) is 50.3 Å². The number of aromatic nitrogens is 3. The molecule has 7 heteroatoms. The number of hydrogen-bond donors (Lipinski definition) is 0. The molecule has 1 saturated carbocycles. The van der Waals surface area contributed by atoms with Gasteiger partial charge in [0.15, 0.2) is 0 Å². The lowest BCUT2D eigenvalue weighted by Crippen LogP contribution is -2.25. The van der Waals surface area contributed by atoms with Crippen LogP contribution in [0.25, 0.3) is 11.4 Å². The van der Waals surface area contributed by atoms with Gasteiger partial charge < -0.3 is 14.0 Å². The summed E-state index contributed by atoms with van der Waals surface area (Å²) in [7, 11) is 1.64. The number of nitrogens with zero attached hydrogens (tertiary/aromatic N) is 4. The minimum absolute atomic E-state index is 0.247. The van der Waals surface area contributed by atoms with Crippen molar-refractivity contribution in [3.8, 4) is 17.3 Å². The van der Waals surface area contributed by atoms with Crippen LogP contribution < -0.4 is 4.74 Å². The van der Waals surface area contributed by atoms with Gasteiger partial charge in [-0.3, -0.25) is 4.90 Å². The lowest BCUT2D eigenvalue weighted by Gasteiger charge is -2.20. The second kappa shape index (κ2) is 7.49. The van der Waals surface area contributed by atoms with E-state index in [-0.39, 0.29) is 6.04 Å². The van der Waals surface area contributed by atoms with E-state index in [0.717, 1.165) is 31.0 Å². The van der Waals surface area contributed by atoms with Gasteiger partial charge in [0.1, 0.15) is 6.61 Å². The Labute approximate surface area is 147 Å². The molecule has 7 nitrogen and oxygen atoms in total. The van der Waals surface area contributed by atoms with Crippen LogP contribution >= 0.6 is 0 Å². The third-order valence-corrected chi connectivity index (χ3v) is 4.82. The summed E-state index contributed by atoms with van der Waals surface area (Å²) >= 11 is 0. The number of hydrogen-bond acceptors (Lipinski definition) is 7. The van der Waals surface area contributed by atoms with Crippen molar-refractivity contribution in [1.29, 1.82) is 0 Å². The van der Waals surface area contributed by atoms with Gasteiger partial charge in [0.25, 0.3) is 0 Å². The summed E-state index contributed by atoms with van der Waals surface area (Å²) in [5.41, 5.74) is 0.750. The van der Waals surface area contributed by atoms with Gasteiger partial charge in [0.05, 0.1) is 18.2 Å². The third-order valence-electron chi connectivity index (χ3n) is 4.82. The van der Waals surface area contributed by atoms with Crippen molar-refractivity contribution >= 4 is 0 Å². The molecule has 0 spiro atoms. The SMILES string of the molecule is COCCOc1ncccc1-c1noc([C@@H]2CCCN2CC2CC2)n1. The molecule has 1 aliphatic carbocycles. The summed E-state index contributed by atoms with van der Waals surface area (Å²) < 4.78 is 16.3. The molecule has 25 heavy (non-hydrogen) atoms. The van der Waals surface area contributed by atoms with Crippen LogP contribution in [-0.2, 0) is 4.74 Å². The van der Waals surface area contributed by atoms with Crippen LogP contribution in [0.5, 0.6) is 5.88 Å². The molecule has 0 amide bonds. The molecule has 2 aromatic heterocycles. The zero-order valence-corrected chi connectivity index (χ0v) is 14.6. The first-order valence-corrected chi connectivity index (χ1v) is 9.00. The van der Waals surface area contributed by atoms with Crippen molar-refractivity contribution in [2.24, 2.45) is 5.92 Å². The number of likely N-dealkylation sites (tertiary alicyclic amines) is 1. The van der Waals surface area contributed by atoms with Crippen LogP contribution in [0.15, 0.2) is 22.9 Å². The minimum atomic E-state index is 0.247. The van der Waals surface area contributed by atoms with E-state index in [2.05, 4.69) is 20.0 Å². The van der Waals surface area contributed by atoms with Crippen LogP contribution in [0.3, 0.4) is 0 Å². The first-order valence-electron chi connectivity index (χ1n) is 9.00. The quantitative estimate of drug-likeness (QED) is 0.682. The van der Waals surface area contributed by atoms with Gasteiger partial charge in [-0.25, -0.2) is 4.98 Å². The molecule has 0 unspecified atom stereocenters. The predicted molar refractivity (Wildman–Crippen MR) is 91.2 cm³/mol. The predicted octanol–water partition coefficient (Wildman–Crippen LogP) is 2.70. The molecule has 0 aromatic carbocycles. The number of ether oxygens (including phenoxy) is 2. The second-order valence-electron chi connectivity index (χ2n) is 6.75. The third kappa shape index (κ3) is 3.82. The smallest absolute Gasteiger partial charge is 0.244 e. The first-order chi connectivity index (χ1) is 12.3. The molecule has 2 aliphatic rings. The van der Waals surface area contributed by atoms with Gasteiger partial charge >= 0.3 is 0 Å². The van der Waals surface area contributed by atoms with Crippen LogP contribution in [0, 0.1) is 5.92 Å². The van der Waals surface area contributed by atoms with Crippen LogP contribution in [0.2, 0.25) is 0 Å². The average molecular weight is 344 g/mol. The van der Waals surface area contributed by atoms with Crippen molar-refractivity contribution in [3.05, 3.63) is 24.2 Å². The maximum Gasteiger partial charge on any atom is 0.244 e. The first kappa shape index (κ1) is 16.5. The minimum Gasteiger partial charge on any atom is -0.475 e. The van der Waals surface area contributed by atoms with Crippen molar-refractivity contribution < 1.29 is 14.0 Å². The highest BCUT2D eigenvalue weighted by molar-refractivity contribution is 5.60. The average Bonchev–Trinajstić information content (AvgIpc) is 3.12. The van der Waals surface area contributed by atoms with Crippen LogP contribution in [-0.4, -0.2) is 53.4 Å². The van der Waals surface area contributed by atoms with Crippen molar-refractivity contribution in [1.82, 2.24) is 20.0 Å². The maximum absolute atomic E-state index is 5.68. The monoisotopic (exact) mass is 344 g/mol. The summed E-state index contributed by atoms with van der Waals surface area (Å²) in [5, 5.41) is 4.19. The van der Waals surface area contributed by atoms with E-state index in [4.69, 9.17) is 14.0 Å². The zero-order chi connectivity index (χ0) is 17.1. The fourth-order valence-corrected chi connectivity index (χ4v) is 3.33. The molecule has 2 aromatic rings. The lowest BCUT2D eigenvalue weighted by atomic mass is 10.2. The van der Waals surface area contributed by atoms with E-state index in [1.807, 2.05) is 12.1 Å². The van der Waals surface area contributed by atoms with E-state index >= 15 is 0 Å². The molecule has 2 fully saturated rings. The Balaban J connectivity index is 1.51. The summed E-state index contributed by atoms with van der Waals surface area (Å²) in [6.07, 6.45) is 6.68. The van der Waals surface area contributed by atoms with Gasteiger partial charge in [-0.1, -0.05) is 5.16 Å². The number of rotatable bonds is 8. The summed E-state index contributed by atoms with van der Waals surface area (Å²) in [4.78, 5) is 11.4. The number of pyridine rings is 1. The van der Waals surface area contributed by atoms with Gasteiger partial charge in [-0.2, -0.15) is 4.98 Å². The van der Waals surface area contributed by atoms with E-state index < -0.39 is 0 Å². The zero-order valence-electron chi connectivity index (χ0n) is 14.6. The van der Waals surface area contributed by atoms with Gasteiger partial charge in [0.2, 0.25) is 17.6 Å². The number of methoxy groups -OCH3 is 1. The summed E-state index contributed by atoms with van der Waals surface area (Å²) in [5.74, 6) is 2.61. The molecule has 1 saturated heterocycles. The Morgan fingerprint density at radius 3 is 3.04 bits per heavy atom. The highest BCUT2D eigenvalue weighted by Crippen LogP contribution is 2.37. The molecule has 0 bridgehead atoms. The molecule has 1 atom stereocenters. The van der Waals surface area contributed by atoms with Crippen molar-refractivity contribution in [2.75, 3.05) is 33.4 Å². The highest BCUT2D eigenvalue weighted by atomic mass is 16.5. The molecule has 134 valence electrons. The van der Waals surface area contributed by atoms with E-state index in [0.29, 0.717) is 30.8 Å². The second-order valence-corrected chi connectivity index (χ2v) is 6.75. The molecule has 3 heterocycles. The topological polar surface area (TPSA) is 73.5 Å². The van der Waals surface area contributed by atoms with E-state index in [1.54, 1.807) is 13.3 Å². The molecule has 4 rings (SSSR count). The Morgan fingerprint density at radius 2 is 2.20 bits per heavy atom. The summed E-state index contributed by atoms with van der Waals surface area (Å²) in [6, 6.07) is 4.00. The molecule has 1 aliphatic heterocycles. The molecular weight excluding hydrogens is 320 g/mol. The van der Waals surface area contributed by atoms with E-state index in [9.17, 15) is 0 Å². The summed E-state index contributed by atoms with van der Waals surface area (Å²) in [6.45, 7) is 3.21. The Kier molecular flexibility index (Phi) is 4.94. The maximum atomic E-state index is 5.68. The molecule has 0 N–H and O–H groups in total. The fraction of sp³-hybridized carbons (Fsp3) is 0.611. The van der Waals surface area contributed by atoms with Crippen LogP contribution in [0.4, 0.5) is 0 Å². The van der Waals surface area contributed by atoms with Crippen molar-refractivity contribution in [2.45, 2.75) is 31.7 Å². The fourth-order valence-electron chi connectivity index (χ4n) is 3.33. The standard InChI is InChI=1S/C18H24N4O3/c1-23-10-11-24-17-14(4-2-8-19-17)16-20-18(25-21-16)15-5-3-9-22(15)12-13-6-7-13/h2,4,8,13,15H,3,5-7,9-12H2,1H3/t15-/m0/s1. The van der Waals surface area contributed by atoms with Crippen LogP contribution in [0.1, 0.15) is 37.6 Å². The Morgan fingerprint density at radius 1 is 1.28 bits per heavy atom. The van der Waals surface area contributed by atoms with Crippen molar-refractivity contribution in [3.63, 3.8) is 0 Å². The largest absolute Gasteiger partial charge is 0.475 e. The highest BCUT2D eigenvalue weighted by Gasteiger charge is 2.35. The Hall–Kier alpha value is -1.99. The lowest BCUT2D eigenvalue weighted by molar-refractivity contribution is 0.144. The van der Waals surface area contributed by atoms with Gasteiger partial charge in [0, 0.05) is 19.9 Å². The Bertz CT molecular complexity index is 701. The van der Waals surface area contributed by atoms with E-state index in [1.165, 1.54) is 19.3 Å². The molecular formula is C18H24N4O3. The normalized spacial score (nSPS) is 20.9.